The number of carbonyl (C=O) groups is 2. The molecule has 1 aromatic rings. The van der Waals surface area contributed by atoms with E-state index in [0.717, 1.165) is 0 Å². The largest absolute Gasteiger partial charge is 0.497 e. The van der Waals surface area contributed by atoms with Crippen LogP contribution >= 0.6 is 0 Å². The Labute approximate surface area is 136 Å². The summed E-state index contributed by atoms with van der Waals surface area (Å²) in [6.07, 6.45) is 0.585. The van der Waals surface area contributed by atoms with Gasteiger partial charge in [0.05, 0.1) is 31.7 Å². The first-order valence-electron chi connectivity index (χ1n) is 7.76. The molecule has 2 amide bonds. The second-order valence-corrected chi connectivity index (χ2v) is 6.14. The Kier molecular flexibility index (Phi) is 5.47. The first kappa shape index (κ1) is 17.1. The van der Waals surface area contributed by atoms with Crippen LogP contribution in [0.1, 0.15) is 20.3 Å². The summed E-state index contributed by atoms with van der Waals surface area (Å²) < 4.78 is 10.4. The molecule has 0 saturated heterocycles. The number of hydrogen-bond acceptors (Lipinski definition) is 4. The number of nitrogens with one attached hydrogen (secondary N) is 2. The molecule has 6 nitrogen and oxygen atoms in total. The van der Waals surface area contributed by atoms with Crippen LogP contribution < -0.4 is 20.1 Å². The third-order valence-corrected chi connectivity index (χ3v) is 3.81. The second kappa shape index (κ2) is 7.35. The van der Waals surface area contributed by atoms with Crippen molar-refractivity contribution in [3.63, 3.8) is 0 Å². The van der Waals surface area contributed by atoms with Crippen molar-refractivity contribution in [2.75, 3.05) is 26.1 Å². The van der Waals surface area contributed by atoms with Gasteiger partial charge in [-0.15, -0.1) is 0 Å². The predicted molar refractivity (Wildman–Crippen MR) is 87.6 cm³/mol. The number of carbonyl (C=O) groups excluding carboxylic acids is 2. The Hall–Kier alpha value is -2.24. The van der Waals surface area contributed by atoms with Gasteiger partial charge in [-0.1, -0.05) is 13.8 Å². The molecule has 1 aliphatic rings. The van der Waals surface area contributed by atoms with Crippen LogP contribution in [-0.4, -0.2) is 32.6 Å². The van der Waals surface area contributed by atoms with Gasteiger partial charge in [0.15, 0.2) is 0 Å². The van der Waals surface area contributed by atoms with Gasteiger partial charge in [0.2, 0.25) is 11.8 Å². The van der Waals surface area contributed by atoms with Crippen molar-refractivity contribution in [2.45, 2.75) is 20.3 Å². The van der Waals surface area contributed by atoms with Gasteiger partial charge >= 0.3 is 0 Å². The van der Waals surface area contributed by atoms with Crippen molar-refractivity contribution in [1.82, 2.24) is 5.32 Å². The Morgan fingerprint density at radius 2 is 1.87 bits per heavy atom. The molecule has 2 atom stereocenters. The Morgan fingerprint density at radius 1 is 1.17 bits per heavy atom. The fourth-order valence-electron chi connectivity index (χ4n) is 2.35. The number of methoxy groups -OCH3 is 2. The number of benzene rings is 1. The lowest BCUT2D eigenvalue weighted by molar-refractivity contribution is -0.125. The normalized spacial score (nSPS) is 19.2. The van der Waals surface area contributed by atoms with Crippen LogP contribution in [0.25, 0.3) is 0 Å². The van der Waals surface area contributed by atoms with Gasteiger partial charge in [0.25, 0.3) is 0 Å². The summed E-state index contributed by atoms with van der Waals surface area (Å²) in [5, 5.41) is 5.69. The Balaban J connectivity index is 1.95. The van der Waals surface area contributed by atoms with E-state index in [0.29, 0.717) is 36.1 Å². The molecule has 0 bridgehead atoms. The van der Waals surface area contributed by atoms with Crippen LogP contribution in [0, 0.1) is 17.8 Å². The van der Waals surface area contributed by atoms with E-state index in [-0.39, 0.29) is 23.7 Å². The van der Waals surface area contributed by atoms with Crippen LogP contribution in [-0.2, 0) is 9.59 Å². The molecule has 126 valence electrons. The Morgan fingerprint density at radius 3 is 2.48 bits per heavy atom. The lowest BCUT2D eigenvalue weighted by atomic mass is 10.2. The quantitative estimate of drug-likeness (QED) is 0.806. The molecular weight excluding hydrogens is 296 g/mol. The van der Waals surface area contributed by atoms with Crippen LogP contribution in [0.4, 0.5) is 5.69 Å². The summed E-state index contributed by atoms with van der Waals surface area (Å²) in [5.41, 5.74) is 0.546. The molecule has 0 heterocycles. The van der Waals surface area contributed by atoms with Gasteiger partial charge in [-0.05, 0) is 24.5 Å². The predicted octanol–water partition coefficient (Wildman–Crippen LogP) is 2.05. The maximum atomic E-state index is 12.3. The zero-order valence-electron chi connectivity index (χ0n) is 14.0. The summed E-state index contributed by atoms with van der Waals surface area (Å²) in [4.78, 5) is 24.3. The zero-order chi connectivity index (χ0) is 17.0. The lowest BCUT2D eigenvalue weighted by Crippen LogP contribution is -2.30. The smallest absolute Gasteiger partial charge is 0.228 e. The highest BCUT2D eigenvalue weighted by molar-refractivity contribution is 6.00. The standard InChI is InChI=1S/C17H24N2O4/c1-10(2)9-18-16(20)12-8-13(12)17(21)19-14-7-11(22-3)5-6-15(14)23-4/h5-7,10,12-13H,8-9H2,1-4H3,(H,18,20)(H,19,21). The number of ether oxygens (including phenoxy) is 2. The summed E-state index contributed by atoms with van der Waals surface area (Å²) in [6.45, 7) is 4.70. The highest BCUT2D eigenvalue weighted by Gasteiger charge is 2.48. The van der Waals surface area contributed by atoms with Gasteiger partial charge < -0.3 is 20.1 Å². The van der Waals surface area contributed by atoms with E-state index >= 15 is 0 Å². The van der Waals surface area contributed by atoms with Gasteiger partial charge in [-0.2, -0.15) is 0 Å². The van der Waals surface area contributed by atoms with E-state index < -0.39 is 0 Å². The van der Waals surface area contributed by atoms with Crippen molar-refractivity contribution in [2.24, 2.45) is 17.8 Å². The lowest BCUT2D eigenvalue weighted by Gasteiger charge is -2.12. The van der Waals surface area contributed by atoms with Crippen molar-refractivity contribution in [3.05, 3.63) is 18.2 Å². The maximum Gasteiger partial charge on any atom is 0.228 e. The van der Waals surface area contributed by atoms with Crippen LogP contribution in [0.2, 0.25) is 0 Å². The van der Waals surface area contributed by atoms with E-state index in [1.807, 2.05) is 13.8 Å². The number of hydrogen-bond donors (Lipinski definition) is 2. The highest BCUT2D eigenvalue weighted by atomic mass is 16.5. The first-order chi connectivity index (χ1) is 11.0. The number of anilines is 1. The summed E-state index contributed by atoms with van der Waals surface area (Å²) in [7, 11) is 3.10. The van der Waals surface area contributed by atoms with Gasteiger partial charge in [-0.25, -0.2) is 0 Å². The molecule has 0 spiro atoms. The summed E-state index contributed by atoms with van der Waals surface area (Å²) >= 11 is 0. The number of amides is 2. The molecule has 1 aromatic carbocycles. The summed E-state index contributed by atoms with van der Waals surface area (Å²) in [5.74, 6) is 0.857. The average molecular weight is 320 g/mol. The molecule has 2 unspecified atom stereocenters. The maximum absolute atomic E-state index is 12.3. The van der Waals surface area contributed by atoms with E-state index in [9.17, 15) is 9.59 Å². The fourth-order valence-corrected chi connectivity index (χ4v) is 2.35. The van der Waals surface area contributed by atoms with E-state index in [2.05, 4.69) is 10.6 Å². The zero-order valence-corrected chi connectivity index (χ0v) is 14.0. The molecule has 2 rings (SSSR count). The van der Waals surface area contributed by atoms with Crippen LogP contribution in [0.5, 0.6) is 11.5 Å². The van der Waals surface area contributed by atoms with Crippen molar-refractivity contribution >= 4 is 17.5 Å². The third kappa shape index (κ3) is 4.37. The van der Waals surface area contributed by atoms with E-state index in [4.69, 9.17) is 9.47 Å². The number of rotatable bonds is 7. The van der Waals surface area contributed by atoms with Crippen molar-refractivity contribution in [1.29, 1.82) is 0 Å². The van der Waals surface area contributed by atoms with Crippen molar-refractivity contribution < 1.29 is 19.1 Å². The molecule has 6 heteroatoms. The molecule has 1 aliphatic carbocycles. The van der Waals surface area contributed by atoms with E-state index in [1.165, 1.54) is 7.11 Å². The molecule has 0 aromatic heterocycles. The second-order valence-electron chi connectivity index (χ2n) is 6.14. The topological polar surface area (TPSA) is 76.7 Å². The third-order valence-electron chi connectivity index (χ3n) is 3.81. The van der Waals surface area contributed by atoms with Crippen LogP contribution in [0.3, 0.4) is 0 Å². The molecule has 1 fully saturated rings. The Bertz CT molecular complexity index is 586. The molecule has 23 heavy (non-hydrogen) atoms. The van der Waals surface area contributed by atoms with Crippen LogP contribution in [0.15, 0.2) is 18.2 Å². The highest BCUT2D eigenvalue weighted by Crippen LogP contribution is 2.40. The van der Waals surface area contributed by atoms with Gasteiger partial charge in [0, 0.05) is 12.6 Å². The molecule has 0 aliphatic heterocycles. The monoisotopic (exact) mass is 320 g/mol. The summed E-state index contributed by atoms with van der Waals surface area (Å²) in [6, 6.07) is 5.19. The van der Waals surface area contributed by atoms with Gasteiger partial charge in [0.1, 0.15) is 11.5 Å². The average Bonchev–Trinajstić information content (AvgIpc) is 3.33. The first-order valence-corrected chi connectivity index (χ1v) is 7.76. The molecular formula is C17H24N2O4. The van der Waals surface area contributed by atoms with E-state index in [1.54, 1.807) is 25.3 Å². The van der Waals surface area contributed by atoms with Gasteiger partial charge in [-0.3, -0.25) is 9.59 Å². The fraction of sp³-hybridized carbons (Fsp3) is 0.529. The molecule has 2 N–H and O–H groups in total. The van der Waals surface area contributed by atoms with Crippen molar-refractivity contribution in [3.8, 4) is 11.5 Å². The molecule has 0 radical (unpaired) electrons. The molecule has 1 saturated carbocycles. The minimum atomic E-state index is -0.280. The minimum Gasteiger partial charge on any atom is -0.497 e. The minimum absolute atomic E-state index is 0.0449. The SMILES string of the molecule is COc1ccc(OC)c(NC(=O)C2CC2C(=O)NCC(C)C)c1.